The van der Waals surface area contributed by atoms with Gasteiger partial charge in [-0.05, 0) is 12.0 Å². The van der Waals surface area contributed by atoms with Crippen molar-refractivity contribution in [3.05, 3.63) is 70.9 Å². The molecule has 1 aromatic carbocycles. The maximum atomic E-state index is 13.3. The van der Waals surface area contributed by atoms with E-state index in [0.29, 0.717) is 17.9 Å². The lowest BCUT2D eigenvalue weighted by Gasteiger charge is -2.16. The van der Waals surface area contributed by atoms with Crippen LogP contribution in [0.25, 0.3) is 5.78 Å². The van der Waals surface area contributed by atoms with Crippen molar-refractivity contribution in [2.75, 3.05) is 0 Å². The summed E-state index contributed by atoms with van der Waals surface area (Å²) in [6.45, 7) is 0.372. The van der Waals surface area contributed by atoms with Crippen molar-refractivity contribution in [3.63, 3.8) is 0 Å². The van der Waals surface area contributed by atoms with Gasteiger partial charge < -0.3 is 4.57 Å². The molecule has 3 aromatic rings. The minimum absolute atomic E-state index is 0.183. The van der Waals surface area contributed by atoms with Crippen LogP contribution in [0.1, 0.15) is 17.9 Å². The molecule has 2 aromatic heterocycles. The summed E-state index contributed by atoms with van der Waals surface area (Å²) in [6, 6.07) is 10.1. The van der Waals surface area contributed by atoms with Gasteiger partial charge in [0.15, 0.2) is 0 Å². The predicted octanol–water partition coefficient (Wildman–Crippen LogP) is 2.94. The molecule has 0 spiro atoms. The fourth-order valence-corrected chi connectivity index (χ4v) is 2.57. The maximum absolute atomic E-state index is 13.3. The van der Waals surface area contributed by atoms with E-state index in [2.05, 4.69) is 4.98 Å². The van der Waals surface area contributed by atoms with Crippen LogP contribution in [0.2, 0.25) is 0 Å². The van der Waals surface area contributed by atoms with Gasteiger partial charge in [0.05, 0.1) is 0 Å². The van der Waals surface area contributed by atoms with Crippen molar-refractivity contribution in [3.8, 4) is 0 Å². The first kappa shape index (κ1) is 14.4. The van der Waals surface area contributed by atoms with Crippen molar-refractivity contribution in [1.82, 2.24) is 14.0 Å². The molecule has 114 valence electrons. The third kappa shape index (κ3) is 2.77. The fraction of sp³-hybridized carbons (Fsp3) is 0.250. The van der Waals surface area contributed by atoms with Gasteiger partial charge in [0.25, 0.3) is 5.56 Å². The van der Waals surface area contributed by atoms with Gasteiger partial charge in [0.1, 0.15) is 0 Å². The van der Waals surface area contributed by atoms with E-state index in [0.717, 1.165) is 0 Å². The molecule has 0 N–H and O–H groups in total. The number of fused-ring (bicyclic) bond motifs is 1. The topological polar surface area (TPSA) is 39.3 Å². The number of halogens is 2. The lowest BCUT2D eigenvalue weighted by molar-refractivity contribution is 0.108. The molecule has 0 saturated carbocycles. The second-order valence-corrected chi connectivity index (χ2v) is 5.08. The smallest absolute Gasteiger partial charge is 0.258 e. The van der Waals surface area contributed by atoms with Crippen LogP contribution in [0.5, 0.6) is 0 Å². The van der Waals surface area contributed by atoms with Crippen LogP contribution in [-0.2, 0) is 6.54 Å². The molecular formula is C16H15F2N3O. The van der Waals surface area contributed by atoms with Crippen LogP contribution < -0.4 is 5.56 Å². The minimum atomic E-state index is -2.43. The molecule has 0 saturated heterocycles. The highest BCUT2D eigenvalue weighted by Crippen LogP contribution is 2.27. The Hall–Kier alpha value is -2.50. The van der Waals surface area contributed by atoms with Crippen molar-refractivity contribution in [1.29, 1.82) is 0 Å². The number of rotatable bonds is 5. The van der Waals surface area contributed by atoms with Crippen LogP contribution in [0.4, 0.5) is 8.78 Å². The number of imidazole rings is 1. The number of nitrogens with zero attached hydrogens (tertiary/aromatic N) is 3. The van der Waals surface area contributed by atoms with Gasteiger partial charge in [-0.1, -0.05) is 30.3 Å². The molecule has 6 heteroatoms. The lowest BCUT2D eigenvalue weighted by Crippen LogP contribution is -2.15. The highest BCUT2D eigenvalue weighted by atomic mass is 19.3. The Morgan fingerprint density at radius 3 is 2.59 bits per heavy atom. The number of aromatic nitrogens is 3. The highest BCUT2D eigenvalue weighted by Gasteiger charge is 2.22. The van der Waals surface area contributed by atoms with E-state index >= 15 is 0 Å². The molecule has 22 heavy (non-hydrogen) atoms. The van der Waals surface area contributed by atoms with E-state index in [1.54, 1.807) is 41.2 Å². The molecule has 0 aliphatic rings. The number of alkyl halides is 2. The number of benzene rings is 1. The molecule has 2 heterocycles. The summed E-state index contributed by atoms with van der Waals surface area (Å²) in [5.41, 5.74) is 0.441. The van der Waals surface area contributed by atoms with Crippen LogP contribution >= 0.6 is 0 Å². The van der Waals surface area contributed by atoms with E-state index in [4.69, 9.17) is 0 Å². The van der Waals surface area contributed by atoms with Gasteiger partial charge in [-0.3, -0.25) is 9.20 Å². The first-order valence-electron chi connectivity index (χ1n) is 7.02. The summed E-state index contributed by atoms with van der Waals surface area (Å²) in [5.74, 6) is -0.368. The third-order valence-corrected chi connectivity index (χ3v) is 3.73. The monoisotopic (exact) mass is 303 g/mol. The quantitative estimate of drug-likeness (QED) is 0.727. The fourth-order valence-electron chi connectivity index (χ4n) is 2.57. The van der Waals surface area contributed by atoms with Crippen molar-refractivity contribution in [2.45, 2.75) is 25.3 Å². The molecular weight excluding hydrogens is 288 g/mol. The molecule has 0 fully saturated rings. The normalized spacial score (nSPS) is 12.9. The zero-order valence-electron chi connectivity index (χ0n) is 11.8. The minimum Gasteiger partial charge on any atom is -0.317 e. The van der Waals surface area contributed by atoms with Crippen LogP contribution in [0.15, 0.2) is 59.8 Å². The zero-order valence-corrected chi connectivity index (χ0v) is 11.8. The van der Waals surface area contributed by atoms with Crippen LogP contribution in [-0.4, -0.2) is 20.4 Å². The van der Waals surface area contributed by atoms with Gasteiger partial charge in [0, 0.05) is 37.1 Å². The molecule has 1 atom stereocenters. The average Bonchev–Trinajstić information content (AvgIpc) is 2.93. The second-order valence-electron chi connectivity index (χ2n) is 5.08. The third-order valence-electron chi connectivity index (χ3n) is 3.73. The predicted molar refractivity (Wildman–Crippen MR) is 79.3 cm³/mol. The molecule has 0 aliphatic carbocycles. The highest BCUT2D eigenvalue weighted by molar-refractivity contribution is 5.29. The van der Waals surface area contributed by atoms with Gasteiger partial charge in [-0.2, -0.15) is 0 Å². The van der Waals surface area contributed by atoms with E-state index in [-0.39, 0.29) is 12.0 Å². The summed E-state index contributed by atoms with van der Waals surface area (Å²) < 4.78 is 29.7. The SMILES string of the molecule is O=c1ccnc2n(CCC(c3ccccc3)C(F)F)ccn12. The maximum Gasteiger partial charge on any atom is 0.258 e. The van der Waals surface area contributed by atoms with Gasteiger partial charge >= 0.3 is 0 Å². The standard InChI is InChI=1S/C16H15F2N3O/c17-15(18)13(12-4-2-1-3-5-12)7-9-20-10-11-21-14(22)6-8-19-16(20)21/h1-6,8,10-11,13,15H,7,9H2. The first-order valence-corrected chi connectivity index (χ1v) is 7.02. The van der Waals surface area contributed by atoms with Crippen LogP contribution in [0.3, 0.4) is 0 Å². The molecule has 1 unspecified atom stereocenters. The van der Waals surface area contributed by atoms with E-state index in [1.165, 1.54) is 16.7 Å². The summed E-state index contributed by atoms with van der Waals surface area (Å²) in [6.07, 6.45) is 2.56. The van der Waals surface area contributed by atoms with Gasteiger partial charge in [-0.15, -0.1) is 0 Å². The van der Waals surface area contributed by atoms with E-state index in [9.17, 15) is 13.6 Å². The number of hydrogen-bond acceptors (Lipinski definition) is 2. The Morgan fingerprint density at radius 1 is 1.09 bits per heavy atom. The molecule has 0 aliphatic heterocycles. The molecule has 0 amide bonds. The van der Waals surface area contributed by atoms with Crippen molar-refractivity contribution in [2.24, 2.45) is 0 Å². The van der Waals surface area contributed by atoms with Crippen LogP contribution in [0, 0.1) is 0 Å². The first-order chi connectivity index (χ1) is 10.7. The number of hydrogen-bond donors (Lipinski definition) is 0. The Bertz CT molecular complexity index is 811. The Morgan fingerprint density at radius 2 is 1.86 bits per heavy atom. The Balaban J connectivity index is 1.83. The molecule has 0 bridgehead atoms. The van der Waals surface area contributed by atoms with E-state index in [1.807, 2.05) is 6.07 Å². The zero-order chi connectivity index (χ0) is 15.5. The lowest BCUT2D eigenvalue weighted by atomic mass is 9.96. The molecule has 0 radical (unpaired) electrons. The summed E-state index contributed by atoms with van der Waals surface area (Å²) >= 11 is 0. The molecule has 3 rings (SSSR count). The van der Waals surface area contributed by atoms with Gasteiger partial charge in [0.2, 0.25) is 12.2 Å². The molecule has 4 nitrogen and oxygen atoms in total. The van der Waals surface area contributed by atoms with Crippen molar-refractivity contribution < 1.29 is 8.78 Å². The number of aryl methyl sites for hydroxylation is 1. The largest absolute Gasteiger partial charge is 0.317 e. The summed E-state index contributed by atoms with van der Waals surface area (Å²) in [4.78, 5) is 15.8. The summed E-state index contributed by atoms with van der Waals surface area (Å²) in [7, 11) is 0. The van der Waals surface area contributed by atoms with Gasteiger partial charge in [-0.25, -0.2) is 13.8 Å². The van der Waals surface area contributed by atoms with Crippen molar-refractivity contribution >= 4 is 5.78 Å². The second kappa shape index (κ2) is 6.09. The Labute approximate surface area is 125 Å². The average molecular weight is 303 g/mol. The summed E-state index contributed by atoms with van der Waals surface area (Å²) in [5, 5.41) is 0. The Kier molecular flexibility index (Phi) is 4.00. The van der Waals surface area contributed by atoms with E-state index < -0.39 is 12.3 Å².